The molecule has 0 heterocycles. The highest BCUT2D eigenvalue weighted by molar-refractivity contribution is 6.17. The van der Waals surface area contributed by atoms with Crippen molar-refractivity contribution in [1.82, 2.24) is 0 Å². The highest BCUT2D eigenvalue weighted by atomic mass is 35.5. The molecule has 1 aromatic rings. The van der Waals surface area contributed by atoms with Gasteiger partial charge in [-0.05, 0) is 13.0 Å². The lowest BCUT2D eigenvalue weighted by Gasteiger charge is -2.18. The van der Waals surface area contributed by atoms with Crippen LogP contribution in [0.15, 0.2) is 18.2 Å². The zero-order valence-electron chi connectivity index (χ0n) is 9.83. The van der Waals surface area contributed by atoms with Crippen molar-refractivity contribution in [2.75, 3.05) is 20.8 Å². The largest absolute Gasteiger partial charge is 0.493 e. The Balaban J connectivity index is 2.90. The quantitative estimate of drug-likeness (QED) is 0.721. The maximum atomic E-state index is 5.85. The second-order valence-corrected chi connectivity index (χ2v) is 3.73. The Morgan fingerprint density at radius 1 is 1.31 bits per heavy atom. The Hall–Kier alpha value is -0.930. The molecule has 0 spiro atoms. The van der Waals surface area contributed by atoms with Gasteiger partial charge in [-0.3, -0.25) is 0 Å². The molecule has 0 fully saturated rings. The first-order valence-corrected chi connectivity index (χ1v) is 5.63. The molecule has 0 saturated heterocycles. The molecule has 0 amide bonds. The Morgan fingerprint density at radius 3 is 2.62 bits per heavy atom. The Labute approximate surface area is 101 Å². The number of rotatable bonds is 6. The zero-order chi connectivity index (χ0) is 12.0. The third-order valence-corrected chi connectivity index (χ3v) is 2.43. The van der Waals surface area contributed by atoms with Crippen molar-refractivity contribution < 1.29 is 14.2 Å². The van der Waals surface area contributed by atoms with E-state index >= 15 is 0 Å². The van der Waals surface area contributed by atoms with Crippen LogP contribution in [0.1, 0.15) is 12.5 Å². The molecule has 1 atom stereocenters. The highest BCUT2D eigenvalue weighted by Crippen LogP contribution is 2.32. The van der Waals surface area contributed by atoms with Crippen LogP contribution in [0.25, 0.3) is 0 Å². The summed E-state index contributed by atoms with van der Waals surface area (Å²) < 4.78 is 16.0. The molecule has 0 N–H and O–H groups in total. The Kier molecular flexibility index (Phi) is 5.43. The van der Waals surface area contributed by atoms with Gasteiger partial charge in [-0.1, -0.05) is 12.1 Å². The third kappa shape index (κ3) is 3.29. The molecule has 16 heavy (non-hydrogen) atoms. The van der Waals surface area contributed by atoms with Gasteiger partial charge in [0.25, 0.3) is 0 Å². The summed E-state index contributed by atoms with van der Waals surface area (Å²) in [5.74, 6) is 1.79. The molecule has 0 saturated carbocycles. The highest BCUT2D eigenvalue weighted by Gasteiger charge is 2.13. The lowest BCUT2D eigenvalue weighted by atomic mass is 10.2. The molecule has 0 radical (unpaired) electrons. The predicted molar refractivity (Wildman–Crippen MR) is 64.5 cm³/mol. The fourth-order valence-corrected chi connectivity index (χ4v) is 1.64. The van der Waals surface area contributed by atoms with Gasteiger partial charge in [0.1, 0.15) is 6.10 Å². The lowest BCUT2D eigenvalue weighted by Crippen LogP contribution is -2.19. The summed E-state index contributed by atoms with van der Waals surface area (Å²) >= 11 is 5.85. The standard InChI is InChI=1S/C12H17ClO3/c1-9(8-14-2)16-12-10(7-13)5-4-6-11(12)15-3/h4-6,9H,7-8H2,1-3H3. The van der Waals surface area contributed by atoms with Gasteiger partial charge < -0.3 is 14.2 Å². The zero-order valence-corrected chi connectivity index (χ0v) is 10.6. The summed E-state index contributed by atoms with van der Waals surface area (Å²) in [5, 5.41) is 0. The van der Waals surface area contributed by atoms with Gasteiger partial charge in [-0.15, -0.1) is 11.6 Å². The maximum absolute atomic E-state index is 5.85. The molecule has 4 heteroatoms. The van der Waals surface area contributed by atoms with E-state index in [2.05, 4.69) is 0 Å². The molecular formula is C12H17ClO3. The molecule has 1 aromatic carbocycles. The van der Waals surface area contributed by atoms with Crippen LogP contribution in [0.2, 0.25) is 0 Å². The number of ether oxygens (including phenoxy) is 3. The minimum atomic E-state index is -0.0386. The number of hydrogen-bond donors (Lipinski definition) is 0. The van der Waals surface area contributed by atoms with E-state index in [1.165, 1.54) is 0 Å². The molecule has 1 rings (SSSR count). The molecule has 1 unspecified atom stereocenters. The number of hydrogen-bond acceptors (Lipinski definition) is 3. The van der Waals surface area contributed by atoms with E-state index in [0.29, 0.717) is 24.0 Å². The SMILES string of the molecule is COCC(C)Oc1c(CCl)cccc1OC. The first-order valence-electron chi connectivity index (χ1n) is 5.10. The molecule has 0 aromatic heterocycles. The molecule has 0 bridgehead atoms. The van der Waals surface area contributed by atoms with E-state index in [1.54, 1.807) is 14.2 Å². The number of alkyl halides is 1. The van der Waals surface area contributed by atoms with Crippen LogP contribution in [-0.4, -0.2) is 26.9 Å². The third-order valence-electron chi connectivity index (χ3n) is 2.14. The van der Waals surface area contributed by atoms with Crippen molar-refractivity contribution in [3.63, 3.8) is 0 Å². The molecule has 0 aliphatic heterocycles. The van der Waals surface area contributed by atoms with Crippen molar-refractivity contribution in [2.45, 2.75) is 18.9 Å². The van der Waals surface area contributed by atoms with E-state index in [1.807, 2.05) is 25.1 Å². The molecule has 0 aliphatic rings. The average molecular weight is 245 g/mol. The van der Waals surface area contributed by atoms with Crippen molar-refractivity contribution in [3.05, 3.63) is 23.8 Å². The summed E-state index contributed by atoms with van der Waals surface area (Å²) in [7, 11) is 3.26. The molecule has 90 valence electrons. The second-order valence-electron chi connectivity index (χ2n) is 3.47. The molecular weight excluding hydrogens is 228 g/mol. The monoisotopic (exact) mass is 244 g/mol. The maximum Gasteiger partial charge on any atom is 0.166 e. The van der Waals surface area contributed by atoms with Crippen LogP contribution in [-0.2, 0) is 10.6 Å². The van der Waals surface area contributed by atoms with Crippen molar-refractivity contribution in [3.8, 4) is 11.5 Å². The van der Waals surface area contributed by atoms with Crippen LogP contribution >= 0.6 is 11.6 Å². The predicted octanol–water partition coefficient (Wildman–Crippen LogP) is 2.85. The topological polar surface area (TPSA) is 27.7 Å². The Morgan fingerprint density at radius 2 is 2.06 bits per heavy atom. The van der Waals surface area contributed by atoms with Gasteiger partial charge in [0.05, 0.1) is 19.6 Å². The van der Waals surface area contributed by atoms with Crippen LogP contribution in [0.3, 0.4) is 0 Å². The average Bonchev–Trinajstić information content (AvgIpc) is 2.29. The van der Waals surface area contributed by atoms with E-state index in [-0.39, 0.29) is 6.10 Å². The van der Waals surface area contributed by atoms with Crippen LogP contribution in [0, 0.1) is 0 Å². The van der Waals surface area contributed by atoms with E-state index in [9.17, 15) is 0 Å². The summed E-state index contributed by atoms with van der Waals surface area (Å²) in [5.41, 5.74) is 0.920. The fraction of sp³-hybridized carbons (Fsp3) is 0.500. The number of benzene rings is 1. The van der Waals surface area contributed by atoms with Crippen LogP contribution in [0.4, 0.5) is 0 Å². The van der Waals surface area contributed by atoms with Crippen LogP contribution in [0.5, 0.6) is 11.5 Å². The first kappa shape index (κ1) is 13.1. The number of para-hydroxylation sites is 1. The van der Waals surface area contributed by atoms with Crippen molar-refractivity contribution in [1.29, 1.82) is 0 Å². The first-order chi connectivity index (χ1) is 7.72. The summed E-state index contributed by atoms with van der Waals surface area (Å²) in [4.78, 5) is 0. The van der Waals surface area contributed by atoms with Gasteiger partial charge >= 0.3 is 0 Å². The minimum Gasteiger partial charge on any atom is -0.493 e. The Bertz CT molecular complexity index is 306. The second kappa shape index (κ2) is 6.61. The van der Waals surface area contributed by atoms with E-state index < -0.39 is 0 Å². The molecule has 0 aliphatic carbocycles. The lowest BCUT2D eigenvalue weighted by molar-refractivity contribution is 0.0894. The fourth-order valence-electron chi connectivity index (χ4n) is 1.43. The summed E-state index contributed by atoms with van der Waals surface area (Å²) in [6.07, 6.45) is -0.0386. The minimum absolute atomic E-state index is 0.0386. The molecule has 3 nitrogen and oxygen atoms in total. The summed E-state index contributed by atoms with van der Waals surface area (Å²) in [6, 6.07) is 5.67. The van der Waals surface area contributed by atoms with E-state index in [4.69, 9.17) is 25.8 Å². The number of methoxy groups -OCH3 is 2. The number of halogens is 1. The van der Waals surface area contributed by atoms with Crippen molar-refractivity contribution >= 4 is 11.6 Å². The van der Waals surface area contributed by atoms with Gasteiger partial charge in [-0.2, -0.15) is 0 Å². The van der Waals surface area contributed by atoms with Gasteiger partial charge in [0, 0.05) is 12.7 Å². The van der Waals surface area contributed by atoms with Gasteiger partial charge in [0.2, 0.25) is 0 Å². The summed E-state index contributed by atoms with van der Waals surface area (Å²) in [6.45, 7) is 2.47. The smallest absolute Gasteiger partial charge is 0.166 e. The van der Waals surface area contributed by atoms with Gasteiger partial charge in [-0.25, -0.2) is 0 Å². The normalized spacial score (nSPS) is 12.2. The van der Waals surface area contributed by atoms with Crippen LogP contribution < -0.4 is 9.47 Å². The van der Waals surface area contributed by atoms with E-state index in [0.717, 1.165) is 5.56 Å². The van der Waals surface area contributed by atoms with Gasteiger partial charge in [0.15, 0.2) is 11.5 Å². The van der Waals surface area contributed by atoms with Crippen molar-refractivity contribution in [2.24, 2.45) is 0 Å².